The molecule has 0 aliphatic rings. The first-order valence-corrected chi connectivity index (χ1v) is 5.55. The van der Waals surface area contributed by atoms with Crippen LogP contribution in [-0.4, -0.2) is 0 Å². The van der Waals surface area contributed by atoms with Gasteiger partial charge < -0.3 is 30.3 Å². The molecule has 0 atom stereocenters. The van der Waals surface area contributed by atoms with Gasteiger partial charge in [0.2, 0.25) is 0 Å². The Labute approximate surface area is 110 Å². The van der Waals surface area contributed by atoms with Crippen LogP contribution in [0.2, 0.25) is 0 Å². The normalized spacial score (nSPS) is 9.94. The molecule has 0 fully saturated rings. The van der Waals surface area contributed by atoms with Crippen LogP contribution in [0.4, 0.5) is 0 Å². The Bertz CT molecular complexity index is 310. The third-order valence-corrected chi connectivity index (χ3v) is 2.88. The number of hydrogen-bond donors (Lipinski definition) is 0. The minimum absolute atomic E-state index is 0. The van der Waals surface area contributed by atoms with E-state index in [2.05, 4.69) is 45.0 Å². The van der Waals surface area contributed by atoms with Crippen LogP contribution in [0, 0.1) is 0 Å². The molecule has 0 spiro atoms. The van der Waals surface area contributed by atoms with E-state index < -0.39 is 0 Å². The first-order chi connectivity index (χ1) is 7.17. The number of hydrogen-bond acceptors (Lipinski definition) is 0. The van der Waals surface area contributed by atoms with E-state index in [-0.39, 0.29) is 17.1 Å². The predicted molar refractivity (Wildman–Crippen MR) is 67.4 cm³/mol. The molecule has 1 heteroatoms. The second-order valence-corrected chi connectivity index (χ2v) is 4.37. The Hall–Kier alpha value is -0.781. The summed E-state index contributed by atoms with van der Waals surface area (Å²) in [5.74, 6) is 0. The average molecular weight is 256 g/mol. The molecule has 0 amide bonds. The minimum Gasteiger partial charge on any atom is -0.748 e. The van der Waals surface area contributed by atoms with Gasteiger partial charge in [-0.2, -0.15) is 17.7 Å². The molecular formula is C15H20Fe-6. The molecule has 0 aliphatic carbocycles. The van der Waals surface area contributed by atoms with Crippen molar-refractivity contribution in [3.63, 3.8) is 0 Å². The van der Waals surface area contributed by atoms with Crippen molar-refractivity contribution < 1.29 is 17.1 Å². The van der Waals surface area contributed by atoms with Gasteiger partial charge >= 0.3 is 0 Å². The van der Waals surface area contributed by atoms with Gasteiger partial charge in [-0.05, 0) is 0 Å². The van der Waals surface area contributed by atoms with Gasteiger partial charge in [-0.1, -0.05) is 32.6 Å². The molecule has 16 heavy (non-hydrogen) atoms. The average Bonchev–Trinajstić information content (AvgIpc) is 2.93. The molecule has 2 aromatic carbocycles. The van der Waals surface area contributed by atoms with Gasteiger partial charge in [0.05, 0.1) is 0 Å². The van der Waals surface area contributed by atoms with Crippen molar-refractivity contribution in [2.45, 2.75) is 32.6 Å². The Morgan fingerprint density at radius 1 is 0.938 bits per heavy atom. The van der Waals surface area contributed by atoms with Crippen molar-refractivity contribution in [2.75, 3.05) is 0 Å². The molecule has 0 saturated heterocycles. The maximum atomic E-state index is 2.28. The Kier molecular flexibility index (Phi) is 7.12. The maximum absolute atomic E-state index is 2.28. The van der Waals surface area contributed by atoms with Gasteiger partial charge in [0.25, 0.3) is 0 Å². The molecule has 0 bridgehead atoms. The topological polar surface area (TPSA) is 0 Å². The van der Waals surface area contributed by atoms with Crippen LogP contribution in [0.5, 0.6) is 0 Å². The van der Waals surface area contributed by atoms with E-state index in [1.807, 2.05) is 30.3 Å². The van der Waals surface area contributed by atoms with E-state index in [4.69, 9.17) is 0 Å². The second kappa shape index (κ2) is 7.49. The number of rotatable bonds is 2. The third-order valence-electron chi connectivity index (χ3n) is 2.88. The van der Waals surface area contributed by atoms with Crippen LogP contribution in [0.1, 0.15) is 32.8 Å². The van der Waals surface area contributed by atoms with Gasteiger partial charge in [0, 0.05) is 17.1 Å². The quantitative estimate of drug-likeness (QED) is 0.548. The Morgan fingerprint density at radius 2 is 1.31 bits per heavy atom. The fourth-order valence-electron chi connectivity index (χ4n) is 1.35. The zero-order valence-corrected chi connectivity index (χ0v) is 11.4. The van der Waals surface area contributed by atoms with E-state index >= 15 is 0 Å². The predicted octanol–water partition coefficient (Wildman–Crippen LogP) is 4.50. The monoisotopic (exact) mass is 256 g/mol. The molecular weight excluding hydrogens is 236 g/mol. The molecule has 0 saturated carbocycles. The summed E-state index contributed by atoms with van der Waals surface area (Å²) in [6, 6.07) is 18.6. The molecule has 94 valence electrons. The molecule has 0 heterocycles. The molecule has 0 unspecified atom stereocenters. The Morgan fingerprint density at radius 3 is 1.62 bits per heavy atom. The van der Waals surface area contributed by atoms with Gasteiger partial charge in [-0.3, -0.25) is 0 Å². The van der Waals surface area contributed by atoms with E-state index in [9.17, 15) is 0 Å². The fourth-order valence-corrected chi connectivity index (χ4v) is 1.35. The molecule has 0 N–H and O–H groups in total. The van der Waals surface area contributed by atoms with E-state index in [0.29, 0.717) is 5.41 Å². The summed E-state index contributed by atoms with van der Waals surface area (Å²) in [5.41, 5.74) is 1.82. The van der Waals surface area contributed by atoms with Crippen molar-refractivity contribution in [1.29, 1.82) is 0 Å². The summed E-state index contributed by atoms with van der Waals surface area (Å²) < 4.78 is 0. The van der Waals surface area contributed by atoms with Crippen molar-refractivity contribution >= 4 is 0 Å². The van der Waals surface area contributed by atoms with Gasteiger partial charge in [0.15, 0.2) is 0 Å². The van der Waals surface area contributed by atoms with Gasteiger partial charge in [0.1, 0.15) is 0 Å². The standard InChI is InChI=1S/C10H15.C5H5.Fe/c1-4-10(2,3)9-7-5-6-8-9;1-2-4-5-3-1;/h5-8H,4H2,1-3H3;1-5H;/q-1;-5;. The molecule has 2 aromatic rings. The summed E-state index contributed by atoms with van der Waals surface area (Å²) in [6.07, 6.45) is 1.21. The van der Waals surface area contributed by atoms with Crippen LogP contribution in [-0.2, 0) is 22.5 Å². The maximum Gasteiger partial charge on any atom is 0 e. The molecule has 0 aliphatic heterocycles. The van der Waals surface area contributed by atoms with E-state index in [1.54, 1.807) is 0 Å². The third kappa shape index (κ3) is 4.83. The molecule has 2 rings (SSSR count). The SMILES string of the molecule is CCC(C)(C)[c-]1cccc1.[Fe].[cH-]1[cH-][cH-][cH-][cH-]1. The van der Waals surface area contributed by atoms with Crippen LogP contribution >= 0.6 is 0 Å². The summed E-state index contributed by atoms with van der Waals surface area (Å²) >= 11 is 0. The summed E-state index contributed by atoms with van der Waals surface area (Å²) in [4.78, 5) is 0. The molecule has 0 radical (unpaired) electrons. The summed E-state index contributed by atoms with van der Waals surface area (Å²) in [6.45, 7) is 6.79. The summed E-state index contributed by atoms with van der Waals surface area (Å²) in [5, 5.41) is 0. The molecule has 0 aromatic heterocycles. The van der Waals surface area contributed by atoms with Crippen LogP contribution in [0.3, 0.4) is 0 Å². The van der Waals surface area contributed by atoms with Gasteiger partial charge in [-0.25, -0.2) is 12.1 Å². The van der Waals surface area contributed by atoms with Gasteiger partial charge in [-0.15, -0.1) is 0 Å². The Balaban J connectivity index is 0.000000318. The van der Waals surface area contributed by atoms with Crippen molar-refractivity contribution in [3.8, 4) is 0 Å². The van der Waals surface area contributed by atoms with Crippen molar-refractivity contribution in [2.24, 2.45) is 0 Å². The second-order valence-electron chi connectivity index (χ2n) is 4.37. The van der Waals surface area contributed by atoms with E-state index in [0.717, 1.165) is 0 Å². The van der Waals surface area contributed by atoms with Crippen LogP contribution in [0.15, 0.2) is 54.6 Å². The first kappa shape index (κ1) is 15.2. The molecule has 0 nitrogen and oxygen atoms in total. The van der Waals surface area contributed by atoms with E-state index in [1.165, 1.54) is 12.0 Å². The largest absolute Gasteiger partial charge is 0.748 e. The van der Waals surface area contributed by atoms with Crippen molar-refractivity contribution in [1.82, 2.24) is 0 Å². The minimum atomic E-state index is 0. The summed E-state index contributed by atoms with van der Waals surface area (Å²) in [7, 11) is 0. The zero-order valence-electron chi connectivity index (χ0n) is 10.3. The van der Waals surface area contributed by atoms with Crippen LogP contribution < -0.4 is 0 Å². The van der Waals surface area contributed by atoms with Crippen molar-refractivity contribution in [3.05, 3.63) is 60.2 Å². The zero-order chi connectivity index (χ0) is 11.1. The van der Waals surface area contributed by atoms with Crippen LogP contribution in [0.25, 0.3) is 0 Å². The fraction of sp³-hybridized carbons (Fsp3) is 0.333. The smallest absolute Gasteiger partial charge is 0 e. The first-order valence-electron chi connectivity index (χ1n) is 5.55.